The van der Waals surface area contributed by atoms with Gasteiger partial charge in [-0.25, -0.2) is 0 Å². The van der Waals surface area contributed by atoms with Crippen molar-refractivity contribution in [2.24, 2.45) is 9.98 Å². The molecule has 0 unspecified atom stereocenters. The van der Waals surface area contributed by atoms with Crippen LogP contribution in [0.5, 0.6) is 0 Å². The highest BCUT2D eigenvalue weighted by molar-refractivity contribution is 6.01. The summed E-state index contributed by atoms with van der Waals surface area (Å²) in [5, 5.41) is 0. The number of rotatable bonds is 0. The van der Waals surface area contributed by atoms with E-state index >= 15 is 0 Å². The molecule has 0 saturated heterocycles. The van der Waals surface area contributed by atoms with Crippen LogP contribution in [0.1, 0.15) is 0 Å². The zero-order valence-electron chi connectivity index (χ0n) is 3.98. The second-order valence-electron chi connectivity index (χ2n) is 1.14. The average Bonchev–Trinajstić information content (AvgIpc) is 1.59. The quantitative estimate of drug-likeness (QED) is 0.429. The molecule has 1 aliphatic heterocycles. The first-order chi connectivity index (χ1) is 4.18. The van der Waals surface area contributed by atoms with Gasteiger partial charge in [0, 0.05) is 0 Å². The van der Waals surface area contributed by atoms with Crippen LogP contribution >= 0.6 is 0 Å². The first-order valence-corrected chi connectivity index (χ1v) is 1.91. The van der Waals surface area contributed by atoms with E-state index in [0.717, 1.165) is 0 Å². The van der Waals surface area contributed by atoms with Crippen LogP contribution in [0.4, 0.5) is 13.2 Å². The summed E-state index contributed by atoms with van der Waals surface area (Å²) in [4.78, 5) is 7.32. The van der Waals surface area contributed by atoms with Gasteiger partial charge in [-0.1, -0.05) is 0 Å². The van der Waals surface area contributed by atoms with Gasteiger partial charge in [-0.2, -0.15) is 0 Å². The Kier molecular flexibility index (Phi) is 1.29. The maximum atomic E-state index is 11.7. The molecule has 0 bridgehead atoms. The molecule has 1 rings (SSSR count). The third kappa shape index (κ3) is 1.34. The van der Waals surface area contributed by atoms with Crippen LogP contribution < -0.4 is 4.99 Å². The van der Waals surface area contributed by atoms with Gasteiger partial charge < -0.3 is 0 Å². The third-order valence-corrected chi connectivity index (χ3v) is 0.554. The Balaban J connectivity index is 2.98. The monoisotopic (exact) mass is 135 g/mol. The first-order valence-electron chi connectivity index (χ1n) is 1.91. The highest BCUT2D eigenvalue weighted by Gasteiger charge is 2.22. The highest BCUT2D eigenvalue weighted by atomic mass is 19.2. The van der Waals surface area contributed by atoms with Crippen molar-refractivity contribution >= 4 is 18.3 Å². The largest absolute Gasteiger partial charge is 0.466 e. The number of halogens is 3. The normalized spacial score (nSPS) is 18.3. The molecule has 0 spiro atoms. The Morgan fingerprint density at radius 1 is 1.11 bits per heavy atom. The maximum Gasteiger partial charge on any atom is 0.466 e. The van der Waals surface area contributed by atoms with Crippen LogP contribution in [-0.2, 0) is 0 Å². The molecule has 0 aliphatic carbocycles. The zero-order chi connectivity index (χ0) is 6.85. The van der Waals surface area contributed by atoms with Crippen molar-refractivity contribution in [1.29, 1.82) is 0 Å². The average molecular weight is 135 g/mol. The van der Waals surface area contributed by atoms with Crippen molar-refractivity contribution in [3.63, 3.8) is 0 Å². The van der Waals surface area contributed by atoms with Crippen molar-refractivity contribution < 1.29 is 13.2 Å². The Morgan fingerprint density at radius 3 is 2.22 bits per heavy atom. The summed E-state index contributed by atoms with van der Waals surface area (Å²) >= 11 is 0. The van der Waals surface area contributed by atoms with E-state index in [1.54, 1.807) is 0 Å². The van der Waals surface area contributed by atoms with E-state index in [2.05, 4.69) is 15.0 Å². The topological polar surface area (TPSA) is 38.8 Å². The minimum absolute atomic E-state index is 1.46. The fourth-order valence-corrected chi connectivity index (χ4v) is 0.303. The van der Waals surface area contributed by atoms with Crippen LogP contribution in [0, 0.1) is 0 Å². The van der Waals surface area contributed by atoms with Crippen molar-refractivity contribution in [1.82, 2.24) is 4.99 Å². The molecule has 0 N–H and O–H groups in total. The van der Waals surface area contributed by atoms with E-state index < -0.39 is 18.3 Å². The molecule has 3 nitrogen and oxygen atoms in total. The van der Waals surface area contributed by atoms with Gasteiger partial charge in [0.2, 0.25) is 0 Å². The fourth-order valence-electron chi connectivity index (χ4n) is 0.303. The molecule has 47 valence electrons. The fraction of sp³-hybridized carbons (Fsp3) is 0. The summed E-state index contributed by atoms with van der Waals surface area (Å²) in [5.41, 5.74) is 0. The summed E-state index contributed by atoms with van der Waals surface area (Å²) in [6.07, 6.45) is -4.38. The lowest BCUT2D eigenvalue weighted by Gasteiger charge is -1.78. The second kappa shape index (κ2) is 1.96. The van der Waals surface area contributed by atoms with Crippen LogP contribution in [-0.4, -0.2) is 18.3 Å². The van der Waals surface area contributed by atoms with E-state index in [-0.39, 0.29) is 0 Å². The molecule has 1 radical (unpaired) electrons. The molecule has 0 saturated carbocycles. The highest BCUT2D eigenvalue weighted by Crippen LogP contribution is 1.93. The molecule has 9 heavy (non-hydrogen) atoms. The van der Waals surface area contributed by atoms with E-state index in [0.29, 0.717) is 0 Å². The Bertz CT molecular complexity index is 170. The van der Waals surface area contributed by atoms with E-state index in [9.17, 15) is 13.2 Å². The van der Waals surface area contributed by atoms with Crippen molar-refractivity contribution in [2.75, 3.05) is 0 Å². The Morgan fingerprint density at radius 2 is 1.78 bits per heavy atom. The van der Waals surface area contributed by atoms with Gasteiger partial charge in [0.1, 0.15) is 0 Å². The summed E-state index contributed by atoms with van der Waals surface area (Å²) < 4.78 is 35.1. The van der Waals surface area contributed by atoms with E-state index in [1.807, 2.05) is 0 Å². The molecule has 6 heteroatoms. The van der Waals surface area contributed by atoms with Gasteiger partial charge in [-0.05, 0) is 15.0 Å². The van der Waals surface area contributed by atoms with Gasteiger partial charge in [-0.3, -0.25) is 0 Å². The molecular weight excluding hydrogens is 135 g/mol. The second-order valence-corrected chi connectivity index (χ2v) is 1.14. The Hall–Kier alpha value is -1.20. The van der Waals surface area contributed by atoms with Gasteiger partial charge in [0.05, 0.1) is 0 Å². The number of nitrogens with zero attached hydrogens (tertiary/aromatic N) is 3. The Labute approximate surface area is 47.6 Å². The minimum Gasteiger partial charge on any atom is -0.129 e. The SMILES string of the molecule is FC1=NC(F)=[N+]C(F)=N1. The van der Waals surface area contributed by atoms with Crippen LogP contribution in [0.3, 0.4) is 0 Å². The molecule has 0 aromatic carbocycles. The standard InChI is InChI=1S/C3F3N3/c4-1-7-2(5)9-3(6)8-1/q+1. The van der Waals surface area contributed by atoms with Crippen LogP contribution in [0.2, 0.25) is 0 Å². The lowest BCUT2D eigenvalue weighted by molar-refractivity contribution is 0.708. The molecule has 1 aliphatic rings. The number of hydrogen-bond donors (Lipinski definition) is 0. The molecule has 0 aromatic heterocycles. The lowest BCUT2D eigenvalue weighted by atomic mass is 10.9. The smallest absolute Gasteiger partial charge is 0.129 e. The summed E-state index contributed by atoms with van der Waals surface area (Å²) in [6.45, 7) is 0. The van der Waals surface area contributed by atoms with Gasteiger partial charge >= 0.3 is 18.3 Å². The van der Waals surface area contributed by atoms with E-state index in [4.69, 9.17) is 0 Å². The summed E-state index contributed by atoms with van der Waals surface area (Å²) in [6, 6.07) is 0. The summed E-state index contributed by atoms with van der Waals surface area (Å²) in [7, 11) is 0. The number of hydrogen-bond acceptors (Lipinski definition) is 3. The van der Waals surface area contributed by atoms with Crippen molar-refractivity contribution in [3.8, 4) is 0 Å². The van der Waals surface area contributed by atoms with Crippen LogP contribution in [0.15, 0.2) is 9.98 Å². The zero-order valence-corrected chi connectivity index (χ0v) is 3.98. The molecule has 0 aromatic rings. The van der Waals surface area contributed by atoms with Crippen molar-refractivity contribution in [2.45, 2.75) is 0 Å². The molecule has 0 amide bonds. The lowest BCUT2D eigenvalue weighted by Crippen LogP contribution is -2.12. The number of amidine groups is 3. The minimum atomic E-state index is -1.46. The number of aliphatic imine (C=N–C) groups is 3. The molecule has 0 atom stereocenters. The van der Waals surface area contributed by atoms with Gasteiger partial charge in [0.15, 0.2) is 0 Å². The third-order valence-electron chi connectivity index (χ3n) is 0.554. The molecular formula is C3F3N3+. The molecule has 1 heterocycles. The van der Waals surface area contributed by atoms with Crippen molar-refractivity contribution in [3.05, 3.63) is 0 Å². The van der Waals surface area contributed by atoms with Gasteiger partial charge in [-0.15, -0.1) is 13.2 Å². The van der Waals surface area contributed by atoms with Gasteiger partial charge in [0.25, 0.3) is 0 Å². The van der Waals surface area contributed by atoms with Crippen LogP contribution in [0.25, 0.3) is 0 Å². The maximum absolute atomic E-state index is 11.7. The summed E-state index contributed by atoms with van der Waals surface area (Å²) in [5.74, 6) is 0. The predicted octanol–water partition coefficient (Wildman–Crippen LogP) is 0.312. The molecule has 0 fully saturated rings. The first kappa shape index (κ1) is 5.93. The van der Waals surface area contributed by atoms with E-state index in [1.165, 1.54) is 0 Å². The predicted molar refractivity (Wildman–Crippen MR) is 25.3 cm³/mol.